The molecule has 1 N–H and O–H groups in total. The number of aryl methyl sites for hydroxylation is 2. The van der Waals surface area contributed by atoms with E-state index in [0.717, 1.165) is 49.5 Å². The third-order valence-corrected chi connectivity index (χ3v) is 4.69. The van der Waals surface area contributed by atoms with E-state index < -0.39 is 17.6 Å². The first kappa shape index (κ1) is 18.3. The normalized spacial score (nSPS) is 14.0. The molecule has 2 aromatic heterocycles. The summed E-state index contributed by atoms with van der Waals surface area (Å²) in [6.07, 6.45) is 0.678. The lowest BCUT2D eigenvalue weighted by atomic mass is 10.1. The van der Waals surface area contributed by atoms with E-state index >= 15 is 0 Å². The molecule has 3 heterocycles. The van der Waals surface area contributed by atoms with E-state index in [4.69, 9.17) is 4.42 Å². The number of halogens is 3. The molecule has 1 aromatic carbocycles. The molecule has 1 amide bonds. The molecule has 0 spiro atoms. The molecule has 0 radical (unpaired) electrons. The predicted molar refractivity (Wildman–Crippen MR) is 95.5 cm³/mol. The van der Waals surface area contributed by atoms with Crippen molar-refractivity contribution >= 4 is 5.91 Å². The summed E-state index contributed by atoms with van der Waals surface area (Å²) in [4.78, 5) is 16.8. The largest absolute Gasteiger partial charge is 0.451 e. The van der Waals surface area contributed by atoms with Crippen LogP contribution in [0.3, 0.4) is 0 Å². The van der Waals surface area contributed by atoms with Crippen molar-refractivity contribution in [1.82, 2.24) is 14.9 Å². The predicted octanol–water partition coefficient (Wildman–Crippen LogP) is 4.43. The van der Waals surface area contributed by atoms with Crippen molar-refractivity contribution in [2.24, 2.45) is 0 Å². The van der Waals surface area contributed by atoms with Crippen molar-refractivity contribution in [1.29, 1.82) is 0 Å². The smallest absolute Gasteiger partial charge is 0.416 e. The van der Waals surface area contributed by atoms with Crippen LogP contribution in [0.2, 0.25) is 0 Å². The molecular weight excluding hydrogens is 371 g/mol. The number of hydrogen-bond acceptors (Lipinski definition) is 3. The average Bonchev–Trinajstić information content (AvgIpc) is 3.32. The fourth-order valence-electron chi connectivity index (χ4n) is 3.28. The van der Waals surface area contributed by atoms with E-state index in [1.54, 1.807) is 0 Å². The molecule has 1 aliphatic rings. The summed E-state index contributed by atoms with van der Waals surface area (Å²) < 4.78 is 46.1. The highest BCUT2D eigenvalue weighted by Gasteiger charge is 2.30. The topological polar surface area (TPSA) is 60.1 Å². The zero-order chi connectivity index (χ0) is 19.7. The van der Waals surface area contributed by atoms with Gasteiger partial charge in [0, 0.05) is 24.7 Å². The van der Waals surface area contributed by atoms with Crippen LogP contribution in [-0.4, -0.2) is 15.5 Å². The Morgan fingerprint density at radius 1 is 1.21 bits per heavy atom. The third-order valence-electron chi connectivity index (χ3n) is 4.69. The number of alkyl halides is 3. The van der Waals surface area contributed by atoms with Crippen LogP contribution in [0.25, 0.3) is 11.3 Å². The Morgan fingerprint density at radius 2 is 2.07 bits per heavy atom. The summed E-state index contributed by atoms with van der Waals surface area (Å²) in [5.41, 5.74) is 0.265. The van der Waals surface area contributed by atoms with Gasteiger partial charge in [-0.15, -0.1) is 0 Å². The van der Waals surface area contributed by atoms with E-state index in [2.05, 4.69) is 14.9 Å². The summed E-state index contributed by atoms with van der Waals surface area (Å²) in [5, 5.41) is 2.74. The number of amides is 1. The van der Waals surface area contributed by atoms with E-state index in [-0.39, 0.29) is 23.6 Å². The fraction of sp³-hybridized carbons (Fsp3) is 0.300. The quantitative estimate of drug-likeness (QED) is 0.718. The Morgan fingerprint density at radius 3 is 2.86 bits per heavy atom. The average molecular weight is 389 g/mol. The van der Waals surface area contributed by atoms with Crippen LogP contribution in [0.5, 0.6) is 0 Å². The van der Waals surface area contributed by atoms with Gasteiger partial charge in [-0.25, -0.2) is 4.98 Å². The number of imidazole rings is 1. The Kier molecular flexibility index (Phi) is 4.70. The molecule has 0 fully saturated rings. The first-order valence-corrected chi connectivity index (χ1v) is 9.01. The van der Waals surface area contributed by atoms with Gasteiger partial charge in [0.05, 0.1) is 17.8 Å². The molecule has 1 aliphatic heterocycles. The SMILES string of the molecule is O=C(NCc1cn2c(n1)CCCC2)c1ccc(-c2cccc(C(F)(F)F)c2)o1. The fourth-order valence-corrected chi connectivity index (χ4v) is 3.28. The number of benzene rings is 1. The number of rotatable bonds is 4. The number of furan rings is 1. The minimum Gasteiger partial charge on any atom is -0.451 e. The molecule has 0 saturated heterocycles. The van der Waals surface area contributed by atoms with Crippen LogP contribution in [-0.2, 0) is 25.7 Å². The van der Waals surface area contributed by atoms with Gasteiger partial charge in [0.2, 0.25) is 0 Å². The van der Waals surface area contributed by atoms with Gasteiger partial charge >= 0.3 is 6.18 Å². The second-order valence-corrected chi connectivity index (χ2v) is 6.72. The van der Waals surface area contributed by atoms with Gasteiger partial charge in [-0.3, -0.25) is 4.79 Å². The highest BCUT2D eigenvalue weighted by Crippen LogP contribution is 2.32. The molecule has 4 rings (SSSR count). The van der Waals surface area contributed by atoms with Crippen LogP contribution >= 0.6 is 0 Å². The lowest BCUT2D eigenvalue weighted by Crippen LogP contribution is -2.22. The molecule has 0 bridgehead atoms. The highest BCUT2D eigenvalue weighted by atomic mass is 19.4. The Balaban J connectivity index is 1.44. The zero-order valence-electron chi connectivity index (χ0n) is 14.9. The Bertz CT molecular complexity index is 981. The molecule has 146 valence electrons. The lowest BCUT2D eigenvalue weighted by molar-refractivity contribution is -0.137. The van der Waals surface area contributed by atoms with Gasteiger partial charge in [0.1, 0.15) is 11.6 Å². The van der Waals surface area contributed by atoms with E-state index in [9.17, 15) is 18.0 Å². The molecule has 3 aromatic rings. The van der Waals surface area contributed by atoms with Gasteiger partial charge < -0.3 is 14.3 Å². The van der Waals surface area contributed by atoms with Crippen molar-refractivity contribution in [3.63, 3.8) is 0 Å². The molecule has 0 atom stereocenters. The monoisotopic (exact) mass is 389 g/mol. The maximum absolute atomic E-state index is 12.9. The van der Waals surface area contributed by atoms with Crippen molar-refractivity contribution < 1.29 is 22.4 Å². The molecule has 0 aliphatic carbocycles. The Labute approximate surface area is 159 Å². The van der Waals surface area contributed by atoms with Gasteiger partial charge in [0.25, 0.3) is 5.91 Å². The second-order valence-electron chi connectivity index (χ2n) is 6.72. The molecular formula is C20H18F3N3O2. The van der Waals surface area contributed by atoms with Gasteiger partial charge in [0.15, 0.2) is 5.76 Å². The minimum absolute atomic E-state index is 0.0383. The number of nitrogens with zero attached hydrogens (tertiary/aromatic N) is 2. The maximum Gasteiger partial charge on any atom is 0.416 e. The number of hydrogen-bond donors (Lipinski definition) is 1. The van der Waals surface area contributed by atoms with Crippen molar-refractivity contribution in [2.45, 2.75) is 38.5 Å². The summed E-state index contributed by atoms with van der Waals surface area (Å²) in [6, 6.07) is 7.73. The number of carbonyl (C=O) groups excluding carboxylic acids is 1. The summed E-state index contributed by atoms with van der Waals surface area (Å²) in [5.74, 6) is 0.828. The van der Waals surface area contributed by atoms with Gasteiger partial charge in [-0.1, -0.05) is 12.1 Å². The molecule has 0 saturated carbocycles. The number of nitrogens with one attached hydrogen (secondary N) is 1. The minimum atomic E-state index is -4.44. The van der Waals surface area contributed by atoms with E-state index in [1.165, 1.54) is 24.3 Å². The zero-order valence-corrected chi connectivity index (χ0v) is 14.9. The van der Waals surface area contributed by atoms with Crippen molar-refractivity contribution in [2.75, 3.05) is 0 Å². The number of aromatic nitrogens is 2. The lowest BCUT2D eigenvalue weighted by Gasteiger charge is -2.11. The first-order chi connectivity index (χ1) is 13.4. The Hall–Kier alpha value is -3.03. The van der Waals surface area contributed by atoms with Crippen molar-refractivity contribution in [3.05, 3.63) is 65.4 Å². The van der Waals surface area contributed by atoms with Crippen molar-refractivity contribution in [3.8, 4) is 11.3 Å². The first-order valence-electron chi connectivity index (χ1n) is 9.01. The van der Waals surface area contributed by atoms with Crippen LogP contribution in [0.1, 0.15) is 40.5 Å². The highest BCUT2D eigenvalue weighted by molar-refractivity contribution is 5.92. The second kappa shape index (κ2) is 7.18. The molecule has 0 unspecified atom stereocenters. The number of carbonyl (C=O) groups is 1. The number of fused-ring (bicyclic) bond motifs is 1. The summed E-state index contributed by atoms with van der Waals surface area (Å²) in [7, 11) is 0. The van der Waals surface area contributed by atoms with Crippen LogP contribution < -0.4 is 5.32 Å². The van der Waals surface area contributed by atoms with Crippen LogP contribution in [0.15, 0.2) is 47.0 Å². The van der Waals surface area contributed by atoms with E-state index in [1.807, 2.05) is 6.20 Å². The van der Waals surface area contributed by atoms with Crippen LogP contribution in [0.4, 0.5) is 13.2 Å². The maximum atomic E-state index is 12.9. The summed E-state index contributed by atoms with van der Waals surface area (Å²) in [6.45, 7) is 1.20. The summed E-state index contributed by atoms with van der Waals surface area (Å²) >= 11 is 0. The molecule has 5 nitrogen and oxygen atoms in total. The van der Waals surface area contributed by atoms with Gasteiger partial charge in [-0.05, 0) is 37.1 Å². The standard InChI is InChI=1S/C20H18F3N3O2/c21-20(22,23)14-5-3-4-13(10-14)16-7-8-17(28-16)19(27)24-11-15-12-26-9-2-1-6-18(26)25-15/h3-5,7-8,10,12H,1-2,6,9,11H2,(H,24,27). The molecule has 8 heteroatoms. The molecule has 28 heavy (non-hydrogen) atoms. The van der Waals surface area contributed by atoms with Gasteiger partial charge in [-0.2, -0.15) is 13.2 Å². The van der Waals surface area contributed by atoms with E-state index in [0.29, 0.717) is 0 Å². The van der Waals surface area contributed by atoms with Crippen LogP contribution in [0, 0.1) is 0 Å². The third kappa shape index (κ3) is 3.81.